The lowest BCUT2D eigenvalue weighted by Crippen LogP contribution is -2.44. The van der Waals surface area contributed by atoms with E-state index in [4.69, 9.17) is 9.72 Å². The highest BCUT2D eigenvalue weighted by molar-refractivity contribution is 5.89. The number of likely N-dealkylation sites (tertiary alicyclic amines) is 1. The molecule has 29 heavy (non-hydrogen) atoms. The standard InChI is InChI=1S/C22H32N4O3/c1-21(2,3)19(27)25-11-7-8-16(14-25)17-12-23-13-18(24-17)26-15-22(29-20(26)28)9-5-4-6-10-22/h12-13,16H,4-11,14-15H2,1-3H3. The lowest BCUT2D eigenvalue weighted by Gasteiger charge is -2.36. The molecule has 2 saturated heterocycles. The number of hydrogen-bond acceptors (Lipinski definition) is 5. The predicted octanol–water partition coefficient (Wildman–Crippen LogP) is 3.89. The first-order valence-electron chi connectivity index (χ1n) is 10.9. The van der Waals surface area contributed by atoms with Gasteiger partial charge in [-0.1, -0.05) is 27.2 Å². The summed E-state index contributed by atoms with van der Waals surface area (Å²) in [6.45, 7) is 7.88. The maximum absolute atomic E-state index is 12.7. The summed E-state index contributed by atoms with van der Waals surface area (Å²) in [5.74, 6) is 0.882. The van der Waals surface area contributed by atoms with Crippen molar-refractivity contribution in [3.05, 3.63) is 18.1 Å². The van der Waals surface area contributed by atoms with E-state index in [9.17, 15) is 9.59 Å². The first-order valence-corrected chi connectivity index (χ1v) is 10.9. The van der Waals surface area contributed by atoms with Crippen LogP contribution in [0.1, 0.15) is 77.3 Å². The highest BCUT2D eigenvalue weighted by Crippen LogP contribution is 2.38. The normalized spacial score (nSPS) is 24.7. The van der Waals surface area contributed by atoms with Gasteiger partial charge in [-0.05, 0) is 38.5 Å². The van der Waals surface area contributed by atoms with Gasteiger partial charge in [0.25, 0.3) is 0 Å². The van der Waals surface area contributed by atoms with Crippen LogP contribution >= 0.6 is 0 Å². The van der Waals surface area contributed by atoms with Crippen LogP contribution in [-0.2, 0) is 9.53 Å². The second-order valence-electron chi connectivity index (χ2n) is 9.84. The van der Waals surface area contributed by atoms with Gasteiger partial charge in [0.2, 0.25) is 5.91 Å². The lowest BCUT2D eigenvalue weighted by atomic mass is 9.85. The minimum absolute atomic E-state index is 0.143. The van der Waals surface area contributed by atoms with Crippen LogP contribution in [0.5, 0.6) is 0 Å². The molecule has 2 aliphatic heterocycles. The molecule has 1 saturated carbocycles. The van der Waals surface area contributed by atoms with Crippen molar-refractivity contribution in [1.29, 1.82) is 0 Å². The van der Waals surface area contributed by atoms with Gasteiger partial charge < -0.3 is 9.64 Å². The van der Waals surface area contributed by atoms with Crippen LogP contribution in [0.15, 0.2) is 12.4 Å². The zero-order chi connectivity index (χ0) is 20.6. The van der Waals surface area contributed by atoms with Crippen molar-refractivity contribution >= 4 is 17.8 Å². The Bertz CT molecular complexity index is 783. The van der Waals surface area contributed by atoms with Crippen LogP contribution in [0.3, 0.4) is 0 Å². The Balaban J connectivity index is 1.50. The maximum Gasteiger partial charge on any atom is 0.416 e. The monoisotopic (exact) mass is 400 g/mol. The molecule has 2 amide bonds. The number of anilines is 1. The molecule has 0 radical (unpaired) electrons. The summed E-state index contributed by atoms with van der Waals surface area (Å²) in [6.07, 6.45) is 10.3. The Hall–Kier alpha value is -2.18. The molecule has 3 heterocycles. The van der Waals surface area contributed by atoms with E-state index < -0.39 is 0 Å². The van der Waals surface area contributed by atoms with Crippen LogP contribution in [0.4, 0.5) is 10.6 Å². The van der Waals surface area contributed by atoms with E-state index in [1.165, 1.54) is 6.42 Å². The second-order valence-corrected chi connectivity index (χ2v) is 9.84. The fourth-order valence-corrected chi connectivity index (χ4v) is 4.83. The summed E-state index contributed by atoms with van der Waals surface area (Å²) in [4.78, 5) is 38.0. The molecule has 1 unspecified atom stereocenters. The lowest BCUT2D eigenvalue weighted by molar-refractivity contribution is -0.140. The van der Waals surface area contributed by atoms with Gasteiger partial charge in [0, 0.05) is 30.6 Å². The Labute approximate surface area is 172 Å². The van der Waals surface area contributed by atoms with Crippen LogP contribution in [-0.4, -0.2) is 52.1 Å². The van der Waals surface area contributed by atoms with E-state index in [-0.39, 0.29) is 28.9 Å². The van der Waals surface area contributed by atoms with Gasteiger partial charge in [-0.3, -0.25) is 14.7 Å². The molecule has 1 spiro atoms. The molecule has 1 aromatic heterocycles. The minimum atomic E-state index is -0.386. The molecule has 158 valence electrons. The Kier molecular flexibility index (Phi) is 5.25. The van der Waals surface area contributed by atoms with E-state index in [0.29, 0.717) is 18.9 Å². The van der Waals surface area contributed by atoms with Gasteiger partial charge in [-0.2, -0.15) is 0 Å². The summed E-state index contributed by atoms with van der Waals surface area (Å²) in [5.41, 5.74) is 0.114. The summed E-state index contributed by atoms with van der Waals surface area (Å²) in [5, 5.41) is 0. The number of nitrogens with zero attached hydrogens (tertiary/aromatic N) is 4. The van der Waals surface area contributed by atoms with Crippen molar-refractivity contribution in [3.8, 4) is 0 Å². The molecule has 3 aliphatic rings. The molecule has 1 atom stereocenters. The molecular formula is C22H32N4O3. The third-order valence-electron chi connectivity index (χ3n) is 6.42. The number of amides is 2. The first-order chi connectivity index (χ1) is 13.8. The van der Waals surface area contributed by atoms with Crippen LogP contribution in [0, 0.1) is 5.41 Å². The van der Waals surface area contributed by atoms with Crippen molar-refractivity contribution in [2.24, 2.45) is 5.41 Å². The number of ether oxygens (including phenoxy) is 1. The van der Waals surface area contributed by atoms with Crippen LogP contribution in [0.25, 0.3) is 0 Å². The average Bonchev–Trinajstić information content (AvgIpc) is 3.03. The van der Waals surface area contributed by atoms with Gasteiger partial charge in [-0.25, -0.2) is 9.78 Å². The van der Waals surface area contributed by atoms with Gasteiger partial charge >= 0.3 is 6.09 Å². The molecule has 7 heteroatoms. The topological polar surface area (TPSA) is 75.6 Å². The second kappa shape index (κ2) is 7.58. The van der Waals surface area contributed by atoms with Crippen LogP contribution < -0.4 is 4.90 Å². The molecule has 1 aliphatic carbocycles. The summed E-state index contributed by atoms with van der Waals surface area (Å²) < 4.78 is 5.79. The fourth-order valence-electron chi connectivity index (χ4n) is 4.83. The molecule has 0 N–H and O–H groups in total. The van der Waals surface area contributed by atoms with E-state index in [1.807, 2.05) is 25.7 Å². The van der Waals surface area contributed by atoms with E-state index >= 15 is 0 Å². The number of piperidine rings is 1. The largest absolute Gasteiger partial charge is 0.441 e. The highest BCUT2D eigenvalue weighted by Gasteiger charge is 2.46. The zero-order valence-corrected chi connectivity index (χ0v) is 17.8. The third-order valence-corrected chi connectivity index (χ3v) is 6.42. The van der Waals surface area contributed by atoms with Crippen molar-refractivity contribution in [2.45, 2.75) is 77.2 Å². The summed E-state index contributed by atoms with van der Waals surface area (Å²) in [6, 6.07) is 0. The minimum Gasteiger partial charge on any atom is -0.441 e. The first kappa shape index (κ1) is 20.1. The molecule has 0 aromatic carbocycles. The van der Waals surface area contributed by atoms with Crippen LogP contribution in [0.2, 0.25) is 0 Å². The van der Waals surface area contributed by atoms with Gasteiger partial charge in [-0.15, -0.1) is 0 Å². The van der Waals surface area contributed by atoms with Crippen molar-refractivity contribution in [1.82, 2.24) is 14.9 Å². The number of carbonyl (C=O) groups is 2. The van der Waals surface area contributed by atoms with Gasteiger partial charge in [0.05, 0.1) is 18.4 Å². The molecule has 3 fully saturated rings. The van der Waals surface area contributed by atoms with Gasteiger partial charge in [0.15, 0.2) is 5.82 Å². The molecular weight excluding hydrogens is 368 g/mol. The number of hydrogen-bond donors (Lipinski definition) is 0. The average molecular weight is 401 g/mol. The van der Waals surface area contributed by atoms with Gasteiger partial charge in [0.1, 0.15) is 5.60 Å². The number of carbonyl (C=O) groups excluding carboxylic acids is 2. The van der Waals surface area contributed by atoms with Crippen molar-refractivity contribution < 1.29 is 14.3 Å². The number of aromatic nitrogens is 2. The molecule has 1 aromatic rings. The quantitative estimate of drug-likeness (QED) is 0.753. The Morgan fingerprint density at radius 2 is 1.93 bits per heavy atom. The number of rotatable bonds is 2. The SMILES string of the molecule is CC(C)(C)C(=O)N1CCCC(c2cncc(N3CC4(CCCCC4)OC3=O)n2)C1. The highest BCUT2D eigenvalue weighted by atomic mass is 16.6. The molecule has 0 bridgehead atoms. The zero-order valence-electron chi connectivity index (χ0n) is 17.8. The Morgan fingerprint density at radius 1 is 1.17 bits per heavy atom. The smallest absolute Gasteiger partial charge is 0.416 e. The Morgan fingerprint density at radius 3 is 2.66 bits per heavy atom. The van der Waals surface area contributed by atoms with E-state index in [1.54, 1.807) is 17.3 Å². The third kappa shape index (κ3) is 4.09. The van der Waals surface area contributed by atoms with E-state index in [2.05, 4.69) is 4.98 Å². The summed E-state index contributed by atoms with van der Waals surface area (Å²) in [7, 11) is 0. The maximum atomic E-state index is 12.7. The van der Waals surface area contributed by atoms with Crippen molar-refractivity contribution in [3.63, 3.8) is 0 Å². The molecule has 7 nitrogen and oxygen atoms in total. The molecule has 4 rings (SSSR count). The summed E-state index contributed by atoms with van der Waals surface area (Å²) >= 11 is 0. The van der Waals surface area contributed by atoms with Crippen molar-refractivity contribution in [2.75, 3.05) is 24.5 Å². The fraction of sp³-hybridized carbons (Fsp3) is 0.727. The predicted molar refractivity (Wildman–Crippen MR) is 110 cm³/mol. The van der Waals surface area contributed by atoms with E-state index in [0.717, 1.165) is 50.8 Å².